The van der Waals surface area contributed by atoms with Gasteiger partial charge in [-0.05, 0) is 77.5 Å². The van der Waals surface area contributed by atoms with Crippen molar-refractivity contribution in [2.45, 2.75) is 93.1 Å². The second-order valence-electron chi connectivity index (χ2n) is 8.46. The third-order valence-corrected chi connectivity index (χ3v) is 5.44. The van der Waals surface area contributed by atoms with Gasteiger partial charge in [0.15, 0.2) is 0 Å². The van der Waals surface area contributed by atoms with E-state index in [2.05, 4.69) is 31.3 Å². The molecule has 1 unspecified atom stereocenters. The van der Waals surface area contributed by atoms with Gasteiger partial charge in [-0.1, -0.05) is 75.8 Å². The Balaban J connectivity index is 0. The fourth-order valence-electron chi connectivity index (χ4n) is 3.47. The molecule has 0 saturated heterocycles. The van der Waals surface area contributed by atoms with Crippen molar-refractivity contribution in [1.29, 1.82) is 5.26 Å². The average Bonchev–Trinajstić information content (AvgIpc) is 2.87. The summed E-state index contributed by atoms with van der Waals surface area (Å²) in [5.74, 6) is -0.0772. The lowest BCUT2D eigenvalue weighted by Gasteiger charge is -2.27. The molecule has 198 valence electrons. The summed E-state index contributed by atoms with van der Waals surface area (Å²) in [5, 5.41) is 23.1. The molecular formula is C30H51N3O2. The van der Waals surface area contributed by atoms with Gasteiger partial charge in [0.25, 0.3) is 0 Å². The molecule has 0 radical (unpaired) electrons. The Morgan fingerprint density at radius 2 is 1.83 bits per heavy atom. The van der Waals surface area contributed by atoms with Crippen molar-refractivity contribution in [1.82, 2.24) is 10.2 Å². The molecule has 0 fully saturated rings. The molecule has 1 aromatic carbocycles. The molecule has 0 spiro atoms. The number of nitrogens with zero attached hydrogens (tertiary/aromatic N) is 2. The van der Waals surface area contributed by atoms with E-state index in [1.165, 1.54) is 11.1 Å². The monoisotopic (exact) mass is 485 g/mol. The largest absolute Gasteiger partial charge is 0.385 e. The highest BCUT2D eigenvalue weighted by atomic mass is 16.3. The number of allylic oxidation sites excluding steroid dienone is 4. The highest BCUT2D eigenvalue weighted by Gasteiger charge is 2.25. The third-order valence-electron chi connectivity index (χ3n) is 5.44. The highest BCUT2D eigenvalue weighted by Crippen LogP contribution is 2.28. The molecule has 1 aromatic rings. The second kappa shape index (κ2) is 22.1. The first-order valence-electron chi connectivity index (χ1n) is 13.2. The van der Waals surface area contributed by atoms with E-state index >= 15 is 0 Å². The van der Waals surface area contributed by atoms with Crippen molar-refractivity contribution in [2.75, 3.05) is 26.2 Å². The van der Waals surface area contributed by atoms with Crippen LogP contribution in [0.25, 0.3) is 0 Å². The van der Waals surface area contributed by atoms with Gasteiger partial charge >= 0.3 is 0 Å². The number of nitrogens with one attached hydrogen (secondary N) is 1. The maximum absolute atomic E-state index is 12.2. The number of benzene rings is 1. The second-order valence-corrected chi connectivity index (χ2v) is 8.46. The molecule has 1 atom stereocenters. The minimum atomic E-state index is -0.967. The SMILES string of the molecule is C/C=C\C.CC.CC/C=C(\C)CCc1ccccc1C(C)(O)CCNCC(=O)N(CC#N)CCC. The molecule has 0 saturated carbocycles. The summed E-state index contributed by atoms with van der Waals surface area (Å²) in [6.45, 7) is 17.5. The maximum Gasteiger partial charge on any atom is 0.237 e. The number of amides is 1. The lowest BCUT2D eigenvalue weighted by atomic mass is 9.86. The number of carbonyl (C=O) groups is 1. The van der Waals surface area contributed by atoms with Crippen molar-refractivity contribution in [3.05, 3.63) is 59.2 Å². The van der Waals surface area contributed by atoms with E-state index in [0.29, 0.717) is 19.5 Å². The van der Waals surface area contributed by atoms with Gasteiger partial charge in [0.2, 0.25) is 5.91 Å². The highest BCUT2D eigenvalue weighted by molar-refractivity contribution is 5.78. The lowest BCUT2D eigenvalue weighted by Crippen LogP contribution is -2.40. The standard InChI is InChI=1S/C24H37N3O2.C4H8.C2H6/c1-5-9-20(3)12-13-21-10-7-8-11-22(21)24(4,29)14-16-26-19-23(28)27(17-6-2)18-15-25;1-3-4-2;1-2/h7-11,26,29H,5-6,12-14,16-19H2,1-4H3;3-4H,1-2H3;1-2H3/b20-9+;4-3-;. The molecule has 0 bridgehead atoms. The van der Waals surface area contributed by atoms with E-state index in [0.717, 1.165) is 31.2 Å². The molecule has 35 heavy (non-hydrogen) atoms. The van der Waals surface area contributed by atoms with Crippen LogP contribution in [0, 0.1) is 11.3 Å². The van der Waals surface area contributed by atoms with E-state index < -0.39 is 5.60 Å². The first-order chi connectivity index (χ1) is 16.8. The molecule has 0 aliphatic rings. The average molecular weight is 486 g/mol. The van der Waals surface area contributed by atoms with Gasteiger partial charge in [0.1, 0.15) is 6.54 Å². The smallest absolute Gasteiger partial charge is 0.237 e. The number of hydrogen-bond acceptors (Lipinski definition) is 4. The van der Waals surface area contributed by atoms with Crippen LogP contribution in [0.1, 0.15) is 92.2 Å². The molecule has 0 aromatic heterocycles. The number of nitriles is 1. The topological polar surface area (TPSA) is 76.4 Å². The van der Waals surface area contributed by atoms with Crippen LogP contribution in [-0.2, 0) is 16.8 Å². The van der Waals surface area contributed by atoms with Crippen LogP contribution in [0.4, 0.5) is 0 Å². The van der Waals surface area contributed by atoms with Crippen LogP contribution in [0.3, 0.4) is 0 Å². The van der Waals surface area contributed by atoms with Crippen molar-refractivity contribution < 1.29 is 9.90 Å². The number of aryl methyl sites for hydroxylation is 1. The van der Waals surface area contributed by atoms with E-state index in [1.54, 1.807) is 4.90 Å². The van der Waals surface area contributed by atoms with Crippen LogP contribution in [0.2, 0.25) is 0 Å². The minimum absolute atomic E-state index is 0.0772. The Kier molecular flexibility index (Phi) is 21.9. The van der Waals surface area contributed by atoms with Gasteiger partial charge in [0.05, 0.1) is 18.2 Å². The predicted octanol–water partition coefficient (Wildman–Crippen LogP) is 6.53. The zero-order valence-electron chi connectivity index (χ0n) is 23.7. The fourth-order valence-corrected chi connectivity index (χ4v) is 3.47. The Morgan fingerprint density at radius 1 is 1.20 bits per heavy atom. The third kappa shape index (κ3) is 16.0. The van der Waals surface area contributed by atoms with Crippen molar-refractivity contribution in [3.63, 3.8) is 0 Å². The van der Waals surface area contributed by atoms with Gasteiger partial charge in [-0.15, -0.1) is 0 Å². The molecule has 1 rings (SSSR count). The molecule has 5 heteroatoms. The summed E-state index contributed by atoms with van der Waals surface area (Å²) in [6, 6.07) is 10.1. The lowest BCUT2D eigenvalue weighted by molar-refractivity contribution is -0.129. The molecule has 5 nitrogen and oxygen atoms in total. The van der Waals surface area contributed by atoms with Crippen LogP contribution >= 0.6 is 0 Å². The summed E-state index contributed by atoms with van der Waals surface area (Å²) < 4.78 is 0. The predicted molar refractivity (Wildman–Crippen MR) is 150 cm³/mol. The van der Waals surface area contributed by atoms with Crippen LogP contribution in [0.15, 0.2) is 48.1 Å². The Bertz CT molecular complexity index is 772. The summed E-state index contributed by atoms with van der Waals surface area (Å²) >= 11 is 0. The summed E-state index contributed by atoms with van der Waals surface area (Å²) in [7, 11) is 0. The Morgan fingerprint density at radius 3 is 2.37 bits per heavy atom. The van der Waals surface area contributed by atoms with Gasteiger partial charge in [-0.2, -0.15) is 5.26 Å². The Hall–Kier alpha value is -2.42. The first-order valence-corrected chi connectivity index (χ1v) is 13.2. The summed E-state index contributed by atoms with van der Waals surface area (Å²) in [4.78, 5) is 13.8. The molecule has 0 heterocycles. The molecule has 0 aliphatic heterocycles. The number of carbonyl (C=O) groups excluding carboxylic acids is 1. The number of hydrogen-bond donors (Lipinski definition) is 2. The van der Waals surface area contributed by atoms with E-state index in [4.69, 9.17) is 5.26 Å². The van der Waals surface area contributed by atoms with Crippen LogP contribution in [-0.4, -0.2) is 42.1 Å². The zero-order chi connectivity index (χ0) is 27.1. The molecule has 0 aliphatic carbocycles. The molecule has 1 amide bonds. The summed E-state index contributed by atoms with van der Waals surface area (Å²) in [5.41, 5.74) is 2.52. The minimum Gasteiger partial charge on any atom is -0.385 e. The normalized spacial score (nSPS) is 12.5. The first kappa shape index (κ1) is 34.7. The quantitative estimate of drug-likeness (QED) is 0.189. The Labute approximate surface area is 215 Å². The number of rotatable bonds is 13. The molecular weight excluding hydrogens is 434 g/mol. The maximum atomic E-state index is 12.2. The van der Waals surface area contributed by atoms with Gasteiger partial charge in [-0.25, -0.2) is 0 Å². The van der Waals surface area contributed by atoms with E-state index in [9.17, 15) is 9.90 Å². The van der Waals surface area contributed by atoms with Gasteiger partial charge < -0.3 is 15.3 Å². The van der Waals surface area contributed by atoms with Gasteiger partial charge in [0, 0.05) is 6.54 Å². The van der Waals surface area contributed by atoms with Crippen LogP contribution in [0.5, 0.6) is 0 Å². The van der Waals surface area contributed by atoms with Crippen LogP contribution < -0.4 is 5.32 Å². The summed E-state index contributed by atoms with van der Waals surface area (Å²) in [6.07, 6.45) is 10.5. The van der Waals surface area contributed by atoms with E-state index in [-0.39, 0.29) is 19.0 Å². The van der Waals surface area contributed by atoms with Crippen molar-refractivity contribution in [2.24, 2.45) is 0 Å². The molecule has 2 N–H and O–H groups in total. The van der Waals surface area contributed by atoms with Crippen molar-refractivity contribution >= 4 is 5.91 Å². The van der Waals surface area contributed by atoms with Crippen molar-refractivity contribution in [3.8, 4) is 6.07 Å². The zero-order valence-corrected chi connectivity index (χ0v) is 23.7. The fraction of sp³-hybridized carbons (Fsp3) is 0.600. The van der Waals surface area contributed by atoms with E-state index in [1.807, 2.05) is 78.0 Å². The number of aliphatic hydroxyl groups is 1. The van der Waals surface area contributed by atoms with Gasteiger partial charge in [-0.3, -0.25) is 4.79 Å².